The van der Waals surface area contributed by atoms with Gasteiger partial charge in [0, 0.05) is 25.0 Å². The van der Waals surface area contributed by atoms with Crippen LogP contribution in [0.15, 0.2) is 41.0 Å². The number of rotatable bonds is 6. The summed E-state index contributed by atoms with van der Waals surface area (Å²) in [6, 6.07) is 7.76. The van der Waals surface area contributed by atoms with Crippen molar-refractivity contribution in [2.24, 2.45) is 0 Å². The lowest BCUT2D eigenvalue weighted by Gasteiger charge is -2.17. The second-order valence-corrected chi connectivity index (χ2v) is 8.51. The van der Waals surface area contributed by atoms with E-state index < -0.39 is 6.04 Å². The molecule has 1 N–H and O–H groups in total. The highest BCUT2D eigenvalue weighted by molar-refractivity contribution is 8.00. The molecule has 3 aromatic rings. The number of hydrogen-bond donors (Lipinski definition) is 1. The van der Waals surface area contributed by atoms with Gasteiger partial charge in [0.25, 0.3) is 0 Å². The molecule has 6 nitrogen and oxygen atoms in total. The molecule has 0 spiro atoms. The fraction of sp³-hybridized carbons (Fsp3) is 0.300. The first-order chi connectivity index (χ1) is 13.4. The number of likely N-dealkylation sites (N-methyl/N-ethyl adjacent to an activating group) is 1. The van der Waals surface area contributed by atoms with Crippen LogP contribution in [0.5, 0.6) is 0 Å². The quantitative estimate of drug-likeness (QED) is 0.495. The summed E-state index contributed by atoms with van der Waals surface area (Å²) >= 11 is 2.92. The number of thiophene rings is 1. The molecule has 28 heavy (non-hydrogen) atoms. The van der Waals surface area contributed by atoms with E-state index >= 15 is 0 Å². The van der Waals surface area contributed by atoms with E-state index in [2.05, 4.69) is 51.9 Å². The minimum Gasteiger partial charge on any atom is -0.347 e. The Hall–Kier alpha value is -2.45. The number of thioether (sulfide) groups is 1. The molecule has 8 heteroatoms. The number of hydrogen-bond acceptors (Lipinski definition) is 6. The first-order valence-electron chi connectivity index (χ1n) is 8.79. The molecule has 0 saturated carbocycles. The van der Waals surface area contributed by atoms with Crippen molar-refractivity contribution >= 4 is 45.1 Å². The highest BCUT2D eigenvalue weighted by Gasteiger charge is 2.19. The summed E-state index contributed by atoms with van der Waals surface area (Å²) < 4.78 is 0. The molecular weight excluding hydrogens is 392 g/mol. The van der Waals surface area contributed by atoms with Gasteiger partial charge in [-0.05, 0) is 19.4 Å². The molecule has 0 radical (unpaired) electrons. The number of nitrogens with zero attached hydrogens (tertiary/aromatic N) is 3. The number of fused-ring (bicyclic) bond motifs is 1. The number of benzene rings is 1. The van der Waals surface area contributed by atoms with Crippen LogP contribution in [0, 0.1) is 6.92 Å². The van der Waals surface area contributed by atoms with Crippen LogP contribution in [0.4, 0.5) is 0 Å². The minimum atomic E-state index is -0.558. The number of aromatic nitrogens is 2. The molecular formula is C20H22N4O2S2. The first-order valence-corrected chi connectivity index (χ1v) is 10.7. The fourth-order valence-electron chi connectivity index (χ4n) is 2.77. The first kappa shape index (κ1) is 20.3. The predicted octanol–water partition coefficient (Wildman–Crippen LogP) is 3.35. The molecule has 2 aromatic heterocycles. The third kappa shape index (κ3) is 4.51. The molecule has 0 fully saturated rings. The summed E-state index contributed by atoms with van der Waals surface area (Å²) in [6.07, 6.45) is 1.52. The van der Waals surface area contributed by atoms with Crippen LogP contribution in [0.1, 0.15) is 12.5 Å². The van der Waals surface area contributed by atoms with Gasteiger partial charge in [-0.15, -0.1) is 11.3 Å². The van der Waals surface area contributed by atoms with E-state index in [-0.39, 0.29) is 17.6 Å². The standard InChI is InChI=1S/C20H22N4O2S2/c1-12-5-7-14(8-6-12)15-9-27-18-17(15)19(22-11-21-18)28-10-16(25)23-13(2)20(26)24(3)4/h5-9,11,13H,10H2,1-4H3,(H,23,25). The fourth-order valence-corrected chi connectivity index (χ4v) is 4.57. The molecule has 146 valence electrons. The largest absolute Gasteiger partial charge is 0.347 e. The molecule has 2 amide bonds. The summed E-state index contributed by atoms with van der Waals surface area (Å²) in [5.74, 6) is -0.158. The van der Waals surface area contributed by atoms with E-state index in [0.717, 1.165) is 26.4 Å². The van der Waals surface area contributed by atoms with Gasteiger partial charge >= 0.3 is 0 Å². The second-order valence-electron chi connectivity index (χ2n) is 6.68. The van der Waals surface area contributed by atoms with E-state index in [1.807, 2.05) is 0 Å². The zero-order chi connectivity index (χ0) is 20.3. The summed E-state index contributed by atoms with van der Waals surface area (Å²) in [7, 11) is 3.33. The van der Waals surface area contributed by atoms with Gasteiger partial charge in [0.2, 0.25) is 11.8 Å². The summed E-state index contributed by atoms with van der Waals surface area (Å²) in [5.41, 5.74) is 3.37. The van der Waals surface area contributed by atoms with Gasteiger partial charge in [-0.1, -0.05) is 41.6 Å². The van der Waals surface area contributed by atoms with Gasteiger partial charge in [0.05, 0.1) is 11.1 Å². The Balaban J connectivity index is 1.78. The average molecular weight is 415 g/mol. The highest BCUT2D eigenvalue weighted by Crippen LogP contribution is 2.37. The third-order valence-electron chi connectivity index (χ3n) is 4.23. The normalized spacial score (nSPS) is 12.0. The van der Waals surface area contributed by atoms with Crippen LogP contribution in [0.2, 0.25) is 0 Å². The highest BCUT2D eigenvalue weighted by atomic mass is 32.2. The summed E-state index contributed by atoms with van der Waals surface area (Å²) in [4.78, 5) is 35.3. The molecule has 1 aromatic carbocycles. The Bertz CT molecular complexity index is 999. The zero-order valence-corrected chi connectivity index (χ0v) is 17.9. The molecule has 2 heterocycles. The van der Waals surface area contributed by atoms with Gasteiger partial charge in [-0.2, -0.15) is 0 Å². The van der Waals surface area contributed by atoms with Crippen molar-refractivity contribution in [1.29, 1.82) is 0 Å². The smallest absolute Gasteiger partial charge is 0.244 e. The number of amides is 2. The molecule has 3 rings (SSSR count). The van der Waals surface area contributed by atoms with Crippen LogP contribution in [-0.4, -0.2) is 52.6 Å². The van der Waals surface area contributed by atoms with Crippen molar-refractivity contribution in [2.45, 2.75) is 24.9 Å². The zero-order valence-electron chi connectivity index (χ0n) is 16.2. The van der Waals surface area contributed by atoms with Crippen LogP contribution >= 0.6 is 23.1 Å². The maximum atomic E-state index is 12.3. The van der Waals surface area contributed by atoms with Crippen molar-refractivity contribution in [3.05, 3.63) is 41.5 Å². The number of aryl methyl sites for hydroxylation is 1. The van der Waals surface area contributed by atoms with Crippen molar-refractivity contribution in [3.8, 4) is 11.1 Å². The maximum absolute atomic E-state index is 12.3. The van der Waals surface area contributed by atoms with Gasteiger partial charge in [-0.25, -0.2) is 9.97 Å². The third-order valence-corrected chi connectivity index (χ3v) is 6.10. The van der Waals surface area contributed by atoms with Crippen LogP contribution < -0.4 is 5.32 Å². The lowest BCUT2D eigenvalue weighted by Crippen LogP contribution is -2.44. The number of nitrogens with one attached hydrogen (secondary N) is 1. The van der Waals surface area contributed by atoms with Gasteiger partial charge < -0.3 is 10.2 Å². The van der Waals surface area contributed by atoms with Crippen molar-refractivity contribution in [3.63, 3.8) is 0 Å². The predicted molar refractivity (Wildman–Crippen MR) is 115 cm³/mol. The monoisotopic (exact) mass is 414 g/mol. The SMILES string of the molecule is Cc1ccc(-c2csc3ncnc(SCC(=O)NC(C)C(=O)N(C)C)c23)cc1. The van der Waals surface area contributed by atoms with E-state index in [1.165, 1.54) is 28.6 Å². The maximum Gasteiger partial charge on any atom is 0.244 e. The molecule has 0 aliphatic heterocycles. The lowest BCUT2D eigenvalue weighted by atomic mass is 10.1. The Morgan fingerprint density at radius 1 is 1.21 bits per heavy atom. The van der Waals surface area contributed by atoms with Crippen molar-refractivity contribution in [1.82, 2.24) is 20.2 Å². The van der Waals surface area contributed by atoms with Gasteiger partial charge in [0.1, 0.15) is 22.2 Å². The van der Waals surface area contributed by atoms with Crippen molar-refractivity contribution in [2.75, 3.05) is 19.8 Å². The van der Waals surface area contributed by atoms with Gasteiger partial charge in [-0.3, -0.25) is 9.59 Å². The van der Waals surface area contributed by atoms with Crippen LogP contribution in [0.25, 0.3) is 21.3 Å². The molecule has 0 aliphatic rings. The van der Waals surface area contributed by atoms with E-state index in [1.54, 1.807) is 32.4 Å². The Labute approximate surface area is 172 Å². The molecule has 1 unspecified atom stereocenters. The Morgan fingerprint density at radius 3 is 2.61 bits per heavy atom. The molecule has 1 atom stereocenters. The van der Waals surface area contributed by atoms with E-state index in [4.69, 9.17) is 0 Å². The average Bonchev–Trinajstić information content (AvgIpc) is 3.11. The molecule has 0 bridgehead atoms. The van der Waals surface area contributed by atoms with Crippen LogP contribution in [0.3, 0.4) is 0 Å². The lowest BCUT2D eigenvalue weighted by molar-refractivity contribution is -0.133. The number of carbonyl (C=O) groups excluding carboxylic acids is 2. The summed E-state index contributed by atoms with van der Waals surface area (Å²) in [5, 5.41) is 6.54. The molecule has 0 aliphatic carbocycles. The number of carbonyl (C=O) groups is 2. The topological polar surface area (TPSA) is 75.2 Å². The van der Waals surface area contributed by atoms with E-state index in [9.17, 15) is 9.59 Å². The second kappa shape index (κ2) is 8.70. The van der Waals surface area contributed by atoms with Crippen LogP contribution in [-0.2, 0) is 9.59 Å². The molecule has 0 saturated heterocycles. The van der Waals surface area contributed by atoms with E-state index in [0.29, 0.717) is 0 Å². The Morgan fingerprint density at radius 2 is 1.93 bits per heavy atom. The Kier molecular flexibility index (Phi) is 6.31. The van der Waals surface area contributed by atoms with Gasteiger partial charge in [0.15, 0.2) is 0 Å². The summed E-state index contributed by atoms with van der Waals surface area (Å²) in [6.45, 7) is 3.74. The minimum absolute atomic E-state index is 0.137. The van der Waals surface area contributed by atoms with Crippen molar-refractivity contribution < 1.29 is 9.59 Å².